The summed E-state index contributed by atoms with van der Waals surface area (Å²) in [5, 5.41) is 5.95. The van der Waals surface area contributed by atoms with Crippen molar-refractivity contribution in [2.24, 2.45) is 0 Å². The molecular weight excluding hydrogens is 408 g/mol. The number of methoxy groups -OCH3 is 1. The van der Waals surface area contributed by atoms with Crippen LogP contribution < -0.4 is 20.1 Å². The number of piperazine rings is 1. The van der Waals surface area contributed by atoms with Crippen LogP contribution >= 0.6 is 0 Å². The van der Waals surface area contributed by atoms with Crippen LogP contribution in [0.3, 0.4) is 0 Å². The van der Waals surface area contributed by atoms with Crippen molar-refractivity contribution < 1.29 is 19.1 Å². The first-order chi connectivity index (χ1) is 15.4. The van der Waals surface area contributed by atoms with Gasteiger partial charge < -0.3 is 25.0 Å². The molecule has 0 bridgehead atoms. The van der Waals surface area contributed by atoms with Gasteiger partial charge >= 0.3 is 6.03 Å². The molecule has 2 aromatic carbocycles. The summed E-state index contributed by atoms with van der Waals surface area (Å²) >= 11 is 0. The Balaban J connectivity index is 1.54. The number of hydrogen-bond donors (Lipinski definition) is 2. The van der Waals surface area contributed by atoms with E-state index in [1.165, 1.54) is 0 Å². The van der Waals surface area contributed by atoms with Gasteiger partial charge in [-0.3, -0.25) is 9.69 Å². The third-order valence-corrected chi connectivity index (χ3v) is 5.74. The Morgan fingerprint density at radius 3 is 2.78 bits per heavy atom. The Hall–Kier alpha value is -3.26. The molecule has 8 nitrogen and oxygen atoms in total. The molecule has 0 unspecified atom stereocenters. The number of nitrogens with one attached hydrogen (secondary N) is 2. The molecule has 2 aliphatic rings. The van der Waals surface area contributed by atoms with Crippen LogP contribution in [-0.4, -0.2) is 73.7 Å². The van der Waals surface area contributed by atoms with Gasteiger partial charge in [-0.2, -0.15) is 0 Å². The highest BCUT2D eigenvalue weighted by Crippen LogP contribution is 2.33. The molecule has 0 aliphatic carbocycles. The van der Waals surface area contributed by atoms with Gasteiger partial charge in [-0.15, -0.1) is 0 Å². The fourth-order valence-corrected chi connectivity index (χ4v) is 4.08. The minimum Gasteiger partial charge on any atom is -0.497 e. The molecular formula is C24H30N4O4. The molecule has 2 heterocycles. The van der Waals surface area contributed by atoms with E-state index in [0.717, 1.165) is 16.9 Å². The summed E-state index contributed by atoms with van der Waals surface area (Å²) in [6.45, 7) is 6.26. The first kappa shape index (κ1) is 22.0. The maximum absolute atomic E-state index is 12.8. The minimum absolute atomic E-state index is 0.0589. The summed E-state index contributed by atoms with van der Waals surface area (Å²) in [7, 11) is 1.64. The van der Waals surface area contributed by atoms with E-state index in [1.54, 1.807) is 12.0 Å². The third kappa shape index (κ3) is 4.96. The fourth-order valence-electron chi connectivity index (χ4n) is 4.08. The summed E-state index contributed by atoms with van der Waals surface area (Å²) in [6, 6.07) is 13.5. The maximum Gasteiger partial charge on any atom is 0.317 e. The number of carbonyl (C=O) groups is 2. The van der Waals surface area contributed by atoms with Gasteiger partial charge in [0.15, 0.2) is 0 Å². The van der Waals surface area contributed by atoms with Crippen molar-refractivity contribution in [2.45, 2.75) is 25.9 Å². The molecule has 1 fully saturated rings. The van der Waals surface area contributed by atoms with Gasteiger partial charge in [-0.1, -0.05) is 18.2 Å². The number of anilines is 1. The van der Waals surface area contributed by atoms with Gasteiger partial charge in [0.2, 0.25) is 5.91 Å². The van der Waals surface area contributed by atoms with E-state index in [1.807, 2.05) is 56.3 Å². The Bertz CT molecular complexity index is 994. The second-order valence-corrected chi connectivity index (χ2v) is 8.48. The molecule has 8 heteroatoms. The zero-order valence-electron chi connectivity index (χ0n) is 18.8. The van der Waals surface area contributed by atoms with Crippen molar-refractivity contribution in [3.8, 4) is 22.6 Å². The van der Waals surface area contributed by atoms with E-state index in [9.17, 15) is 9.59 Å². The summed E-state index contributed by atoms with van der Waals surface area (Å²) in [4.78, 5) is 29.1. The number of ether oxygens (including phenoxy) is 2. The quantitative estimate of drug-likeness (QED) is 0.770. The lowest BCUT2D eigenvalue weighted by Gasteiger charge is -2.40. The van der Waals surface area contributed by atoms with Crippen LogP contribution in [-0.2, 0) is 4.79 Å². The van der Waals surface area contributed by atoms with Crippen LogP contribution in [0.15, 0.2) is 42.5 Å². The van der Waals surface area contributed by atoms with Crippen LogP contribution in [0.1, 0.15) is 13.8 Å². The van der Waals surface area contributed by atoms with Crippen LogP contribution in [0.5, 0.6) is 11.5 Å². The van der Waals surface area contributed by atoms with E-state index < -0.39 is 0 Å². The van der Waals surface area contributed by atoms with Crippen LogP contribution in [0.4, 0.5) is 10.5 Å². The summed E-state index contributed by atoms with van der Waals surface area (Å²) in [5.41, 5.74) is 2.59. The average molecular weight is 439 g/mol. The van der Waals surface area contributed by atoms with Gasteiger partial charge in [0, 0.05) is 25.7 Å². The summed E-state index contributed by atoms with van der Waals surface area (Å²) in [5.74, 6) is 1.30. The number of benzene rings is 2. The molecule has 1 atom stereocenters. The first-order valence-electron chi connectivity index (χ1n) is 10.9. The van der Waals surface area contributed by atoms with Crippen molar-refractivity contribution in [3.05, 3.63) is 42.5 Å². The van der Waals surface area contributed by atoms with Crippen molar-refractivity contribution >= 4 is 17.6 Å². The molecule has 0 saturated carbocycles. The summed E-state index contributed by atoms with van der Waals surface area (Å²) in [6.07, 6.45) is 0. The maximum atomic E-state index is 12.8. The molecule has 32 heavy (non-hydrogen) atoms. The number of nitrogens with zero attached hydrogens (tertiary/aromatic N) is 2. The minimum atomic E-state index is -0.0929. The molecule has 1 saturated heterocycles. The Kier molecular flexibility index (Phi) is 6.50. The van der Waals surface area contributed by atoms with E-state index in [-0.39, 0.29) is 30.6 Å². The molecule has 0 aromatic heterocycles. The average Bonchev–Trinajstić information content (AvgIpc) is 2.84. The van der Waals surface area contributed by atoms with Crippen molar-refractivity contribution in [1.82, 2.24) is 15.1 Å². The van der Waals surface area contributed by atoms with Gasteiger partial charge in [0.05, 0.1) is 25.4 Å². The number of carbonyl (C=O) groups excluding carboxylic acids is 2. The van der Waals surface area contributed by atoms with E-state index in [2.05, 4.69) is 15.5 Å². The lowest BCUT2D eigenvalue weighted by molar-refractivity contribution is -0.118. The topological polar surface area (TPSA) is 83.1 Å². The van der Waals surface area contributed by atoms with Crippen molar-refractivity contribution in [2.75, 3.05) is 45.2 Å². The normalized spacial score (nSPS) is 18.9. The van der Waals surface area contributed by atoms with E-state index >= 15 is 0 Å². The second kappa shape index (κ2) is 9.48. The van der Waals surface area contributed by atoms with Crippen molar-refractivity contribution in [1.29, 1.82) is 0 Å². The number of amides is 3. The molecule has 2 N–H and O–H groups in total. The SMILES string of the molecule is COc1cccc(-c2ccc3c(c2)NC(=O)CN2CCN(C(=O)NC(C)C)C[C@@H]2CO3)c1. The highest BCUT2D eigenvalue weighted by Gasteiger charge is 2.32. The van der Waals surface area contributed by atoms with E-state index in [0.29, 0.717) is 37.7 Å². The largest absolute Gasteiger partial charge is 0.497 e. The number of urea groups is 1. The molecule has 0 radical (unpaired) electrons. The highest BCUT2D eigenvalue weighted by molar-refractivity contribution is 5.94. The lowest BCUT2D eigenvalue weighted by atomic mass is 10.0. The third-order valence-electron chi connectivity index (χ3n) is 5.74. The number of hydrogen-bond acceptors (Lipinski definition) is 5. The van der Waals surface area contributed by atoms with Crippen molar-refractivity contribution in [3.63, 3.8) is 0 Å². The molecule has 170 valence electrons. The smallest absolute Gasteiger partial charge is 0.317 e. The lowest BCUT2D eigenvalue weighted by Crippen LogP contribution is -2.59. The van der Waals surface area contributed by atoms with Crippen LogP contribution in [0.25, 0.3) is 11.1 Å². The molecule has 4 rings (SSSR count). The van der Waals surface area contributed by atoms with Crippen LogP contribution in [0.2, 0.25) is 0 Å². The predicted octanol–water partition coefficient (Wildman–Crippen LogP) is 2.80. The number of rotatable bonds is 3. The monoisotopic (exact) mass is 438 g/mol. The first-order valence-corrected chi connectivity index (χ1v) is 10.9. The fraction of sp³-hybridized carbons (Fsp3) is 0.417. The second-order valence-electron chi connectivity index (χ2n) is 8.48. The standard InChI is InChI=1S/C24H30N4O4/c1-16(2)25-24(30)28-10-9-27-14-23(29)26-21-12-18(17-5-4-6-20(11-17)31-3)7-8-22(21)32-15-19(27)13-28/h4-8,11-12,16,19H,9-10,13-15H2,1-3H3,(H,25,30)(H,26,29)/t19-/m1/s1. The highest BCUT2D eigenvalue weighted by atomic mass is 16.5. The van der Waals surface area contributed by atoms with Gasteiger partial charge in [0.1, 0.15) is 18.1 Å². The predicted molar refractivity (Wildman–Crippen MR) is 123 cm³/mol. The van der Waals surface area contributed by atoms with Crippen LogP contribution in [0, 0.1) is 0 Å². The Morgan fingerprint density at radius 2 is 2.00 bits per heavy atom. The van der Waals surface area contributed by atoms with E-state index in [4.69, 9.17) is 9.47 Å². The number of fused-ring (bicyclic) bond motifs is 2. The summed E-state index contributed by atoms with van der Waals surface area (Å²) < 4.78 is 11.5. The molecule has 2 aromatic rings. The van der Waals surface area contributed by atoms with Gasteiger partial charge in [-0.25, -0.2) is 4.79 Å². The Labute approximate surface area is 188 Å². The van der Waals surface area contributed by atoms with Gasteiger partial charge in [-0.05, 0) is 49.2 Å². The zero-order valence-corrected chi connectivity index (χ0v) is 18.8. The molecule has 2 aliphatic heterocycles. The Morgan fingerprint density at radius 1 is 1.19 bits per heavy atom. The molecule has 3 amide bonds. The zero-order chi connectivity index (χ0) is 22.7. The van der Waals surface area contributed by atoms with Gasteiger partial charge in [0.25, 0.3) is 0 Å². The molecule has 0 spiro atoms.